The van der Waals surface area contributed by atoms with Crippen LogP contribution >= 0.6 is 0 Å². The molecule has 54 heavy (non-hydrogen) atoms. The molecule has 11 rings (SSSR count). The molecule has 0 aliphatic heterocycles. The smallest absolute Gasteiger partial charge is 0.227 e. The summed E-state index contributed by atoms with van der Waals surface area (Å²) in [6, 6.07) is 62.8. The fourth-order valence-electron chi connectivity index (χ4n) is 7.71. The molecular weight excluding hydrogens is 665 g/mol. The van der Waals surface area contributed by atoms with E-state index in [-0.39, 0.29) is 0 Å². The topological polar surface area (TPSA) is 55.6 Å². The van der Waals surface area contributed by atoms with Crippen LogP contribution in [0.25, 0.3) is 88.7 Å². The lowest BCUT2D eigenvalue weighted by Crippen LogP contribution is -2.10. The Labute approximate surface area is 309 Å². The zero-order chi connectivity index (χ0) is 35.6. The highest BCUT2D eigenvalue weighted by atomic mass is 16.4. The Morgan fingerprint density at radius 1 is 0.333 bits per heavy atom. The van der Waals surface area contributed by atoms with Crippen molar-refractivity contribution < 1.29 is 13.3 Å². The first-order chi connectivity index (χ1) is 26.7. The number of anilines is 3. The van der Waals surface area contributed by atoms with E-state index in [4.69, 9.17) is 18.2 Å². The molecule has 3 aromatic heterocycles. The number of hydrogen-bond donors (Lipinski definition) is 0. The molecule has 0 radical (unpaired) electrons. The van der Waals surface area contributed by atoms with Gasteiger partial charge in [0, 0.05) is 55.8 Å². The van der Waals surface area contributed by atoms with Crippen molar-refractivity contribution in [2.45, 2.75) is 0 Å². The summed E-state index contributed by atoms with van der Waals surface area (Å²) in [6.07, 6.45) is 0. The Hall–Kier alpha value is -7.37. The second-order valence-electron chi connectivity index (χ2n) is 13.6. The number of para-hydroxylation sites is 3. The SMILES string of the molecule is c1ccc(-c2cccc(N(c3ccc(-c4cccc5oc(-c6ccc7c(c6)oc6ccccc67)nc45)cc3)c3ccc4c(c3)oc3ccccc34)c2)cc1. The molecule has 0 amide bonds. The van der Waals surface area contributed by atoms with Crippen LogP contribution in [0.15, 0.2) is 195 Å². The lowest BCUT2D eigenvalue weighted by molar-refractivity contribution is 0.619. The van der Waals surface area contributed by atoms with Crippen LogP contribution in [0.4, 0.5) is 17.1 Å². The van der Waals surface area contributed by atoms with Gasteiger partial charge in [0.25, 0.3) is 0 Å². The molecule has 11 aromatic rings. The molecule has 0 spiro atoms. The Kier molecular flexibility index (Phi) is 6.79. The summed E-state index contributed by atoms with van der Waals surface area (Å²) in [6.45, 7) is 0. The van der Waals surface area contributed by atoms with Crippen molar-refractivity contribution in [3.05, 3.63) is 182 Å². The summed E-state index contributed by atoms with van der Waals surface area (Å²) < 4.78 is 18.9. The van der Waals surface area contributed by atoms with Crippen molar-refractivity contribution in [3.8, 4) is 33.7 Å². The minimum atomic E-state index is 0.557. The number of benzene rings is 8. The zero-order valence-electron chi connectivity index (χ0n) is 28.9. The molecule has 0 atom stereocenters. The first-order valence-corrected chi connectivity index (χ1v) is 18.0. The summed E-state index contributed by atoms with van der Waals surface area (Å²) >= 11 is 0. The van der Waals surface area contributed by atoms with E-state index < -0.39 is 0 Å². The van der Waals surface area contributed by atoms with Crippen LogP contribution in [0.5, 0.6) is 0 Å². The first kappa shape index (κ1) is 30.3. The highest BCUT2D eigenvalue weighted by molar-refractivity contribution is 6.07. The van der Waals surface area contributed by atoms with Gasteiger partial charge in [-0.05, 0) is 89.5 Å². The van der Waals surface area contributed by atoms with Crippen LogP contribution in [-0.2, 0) is 0 Å². The van der Waals surface area contributed by atoms with Gasteiger partial charge in [-0.2, -0.15) is 0 Å². The molecule has 254 valence electrons. The van der Waals surface area contributed by atoms with E-state index in [1.54, 1.807) is 0 Å². The van der Waals surface area contributed by atoms with Gasteiger partial charge in [0.2, 0.25) is 5.89 Å². The van der Waals surface area contributed by atoms with Crippen molar-refractivity contribution in [2.24, 2.45) is 0 Å². The van der Waals surface area contributed by atoms with Gasteiger partial charge in [0.15, 0.2) is 5.58 Å². The molecular formula is C49H30N2O3. The number of hydrogen-bond acceptors (Lipinski definition) is 5. The number of oxazole rings is 1. The quantitative estimate of drug-likeness (QED) is 0.173. The summed E-state index contributed by atoms with van der Waals surface area (Å²) in [5.74, 6) is 0.557. The van der Waals surface area contributed by atoms with Crippen LogP contribution in [0.3, 0.4) is 0 Å². The Bertz CT molecular complexity index is 3170. The molecule has 5 heteroatoms. The number of aromatic nitrogens is 1. The van der Waals surface area contributed by atoms with Crippen LogP contribution < -0.4 is 4.90 Å². The molecule has 0 fully saturated rings. The first-order valence-electron chi connectivity index (χ1n) is 18.0. The van der Waals surface area contributed by atoms with Crippen LogP contribution in [0.2, 0.25) is 0 Å². The number of fused-ring (bicyclic) bond motifs is 7. The standard InChI is InChI=1S/C49H30N2O3/c1-2-10-31(11-3-1)33-12-8-13-36(28-33)51(37-25-27-42-40-15-5-7-18-44(40)53-47(42)30-37)35-23-20-32(21-24-35)38-16-9-19-45-48(38)50-49(54-45)34-22-26-41-39-14-4-6-17-43(39)52-46(41)29-34/h1-30H. The fraction of sp³-hybridized carbons (Fsp3) is 0. The molecule has 3 heterocycles. The van der Waals surface area contributed by atoms with Crippen LogP contribution in [0, 0.1) is 0 Å². The van der Waals surface area contributed by atoms with Crippen LogP contribution in [0.1, 0.15) is 0 Å². The molecule has 0 saturated carbocycles. The Morgan fingerprint density at radius 2 is 0.907 bits per heavy atom. The maximum absolute atomic E-state index is 6.35. The minimum absolute atomic E-state index is 0.557. The lowest BCUT2D eigenvalue weighted by Gasteiger charge is -2.26. The van der Waals surface area contributed by atoms with E-state index in [1.807, 2.05) is 60.7 Å². The molecule has 0 N–H and O–H groups in total. The van der Waals surface area contributed by atoms with Gasteiger partial charge in [-0.3, -0.25) is 0 Å². The molecule has 0 saturated heterocycles. The zero-order valence-corrected chi connectivity index (χ0v) is 28.9. The maximum atomic E-state index is 6.35. The third kappa shape index (κ3) is 4.98. The normalized spacial score (nSPS) is 11.7. The Morgan fingerprint density at radius 3 is 1.69 bits per heavy atom. The lowest BCUT2D eigenvalue weighted by atomic mass is 10.0. The largest absolute Gasteiger partial charge is 0.456 e. The third-order valence-electron chi connectivity index (χ3n) is 10.3. The Balaban J connectivity index is 0.996. The average Bonchev–Trinajstić information content (AvgIpc) is 3.95. The van der Waals surface area contributed by atoms with Gasteiger partial charge in [0.05, 0.1) is 0 Å². The van der Waals surface area contributed by atoms with Gasteiger partial charge in [-0.15, -0.1) is 0 Å². The monoisotopic (exact) mass is 694 g/mol. The molecule has 5 nitrogen and oxygen atoms in total. The van der Waals surface area contributed by atoms with E-state index in [0.29, 0.717) is 5.89 Å². The molecule has 0 aliphatic carbocycles. The highest BCUT2D eigenvalue weighted by Gasteiger charge is 2.19. The summed E-state index contributed by atoms with van der Waals surface area (Å²) in [5.41, 5.74) is 13.2. The maximum Gasteiger partial charge on any atom is 0.227 e. The second kappa shape index (κ2) is 12.1. The van der Waals surface area contributed by atoms with Crippen molar-refractivity contribution >= 4 is 72.0 Å². The number of nitrogens with zero attached hydrogens (tertiary/aromatic N) is 2. The highest BCUT2D eigenvalue weighted by Crippen LogP contribution is 2.41. The van der Waals surface area contributed by atoms with Crippen molar-refractivity contribution in [2.75, 3.05) is 4.90 Å². The third-order valence-corrected chi connectivity index (χ3v) is 10.3. The van der Waals surface area contributed by atoms with E-state index in [2.05, 4.69) is 126 Å². The van der Waals surface area contributed by atoms with E-state index >= 15 is 0 Å². The predicted molar refractivity (Wildman–Crippen MR) is 220 cm³/mol. The van der Waals surface area contributed by atoms with Gasteiger partial charge in [-0.25, -0.2) is 4.98 Å². The van der Waals surface area contributed by atoms with Crippen molar-refractivity contribution in [3.63, 3.8) is 0 Å². The summed E-state index contributed by atoms with van der Waals surface area (Å²) in [5, 5.41) is 4.38. The van der Waals surface area contributed by atoms with E-state index in [0.717, 1.165) is 94.3 Å². The molecule has 0 bridgehead atoms. The van der Waals surface area contributed by atoms with E-state index in [9.17, 15) is 0 Å². The van der Waals surface area contributed by atoms with Gasteiger partial charge in [0.1, 0.15) is 27.8 Å². The molecule has 8 aromatic carbocycles. The fourth-order valence-corrected chi connectivity index (χ4v) is 7.71. The predicted octanol–water partition coefficient (Wildman–Crippen LogP) is 14.1. The van der Waals surface area contributed by atoms with Gasteiger partial charge < -0.3 is 18.2 Å². The summed E-state index contributed by atoms with van der Waals surface area (Å²) in [7, 11) is 0. The van der Waals surface area contributed by atoms with Crippen molar-refractivity contribution in [1.29, 1.82) is 0 Å². The van der Waals surface area contributed by atoms with Gasteiger partial charge in [-0.1, -0.05) is 103 Å². The second-order valence-corrected chi connectivity index (χ2v) is 13.6. The minimum Gasteiger partial charge on any atom is -0.456 e. The van der Waals surface area contributed by atoms with E-state index in [1.165, 1.54) is 5.56 Å². The van der Waals surface area contributed by atoms with Gasteiger partial charge >= 0.3 is 0 Å². The number of furan rings is 2. The van der Waals surface area contributed by atoms with Crippen LogP contribution in [-0.4, -0.2) is 4.98 Å². The number of rotatable bonds is 6. The molecule has 0 unspecified atom stereocenters. The average molecular weight is 695 g/mol. The molecule has 0 aliphatic rings. The van der Waals surface area contributed by atoms with Crippen molar-refractivity contribution in [1.82, 2.24) is 4.98 Å². The summed E-state index contributed by atoms with van der Waals surface area (Å²) in [4.78, 5) is 7.31.